The summed E-state index contributed by atoms with van der Waals surface area (Å²) in [6.45, 7) is 4.19. The first-order valence-electron chi connectivity index (χ1n) is 8.38. The third-order valence-corrected chi connectivity index (χ3v) is 4.73. The van der Waals surface area contributed by atoms with E-state index in [1.165, 1.54) is 0 Å². The molecule has 0 saturated heterocycles. The van der Waals surface area contributed by atoms with E-state index >= 15 is 0 Å². The molecule has 5 heteroatoms. The molecule has 1 heterocycles. The summed E-state index contributed by atoms with van der Waals surface area (Å²) in [5, 5.41) is 7.19. The van der Waals surface area contributed by atoms with Crippen molar-refractivity contribution in [2.75, 3.05) is 0 Å². The fourth-order valence-electron chi connectivity index (χ4n) is 2.69. The van der Waals surface area contributed by atoms with Crippen molar-refractivity contribution < 1.29 is 9.32 Å². The largest absolute Gasteiger partial charge is 0.344 e. The van der Waals surface area contributed by atoms with Crippen molar-refractivity contribution in [3.8, 4) is 11.4 Å². The van der Waals surface area contributed by atoms with Gasteiger partial charge < -0.3 is 9.84 Å². The van der Waals surface area contributed by atoms with Crippen LogP contribution in [0.1, 0.15) is 51.5 Å². The molecule has 0 radical (unpaired) electrons. The van der Waals surface area contributed by atoms with Crippen molar-refractivity contribution in [3.63, 3.8) is 0 Å². The van der Waals surface area contributed by atoms with Crippen molar-refractivity contribution in [1.82, 2.24) is 15.5 Å². The first-order chi connectivity index (χ1) is 11.2. The van der Waals surface area contributed by atoms with Crippen LogP contribution in [-0.2, 0) is 4.79 Å². The number of nitrogens with zero attached hydrogens (tertiary/aromatic N) is 2. The van der Waals surface area contributed by atoms with Gasteiger partial charge in [0.25, 0.3) is 0 Å². The molecule has 1 aliphatic rings. The topological polar surface area (TPSA) is 68.0 Å². The number of hydrogen-bond donors (Lipinski definition) is 1. The monoisotopic (exact) mass is 313 g/mol. The highest BCUT2D eigenvalue weighted by atomic mass is 16.5. The van der Waals surface area contributed by atoms with E-state index in [1.807, 2.05) is 30.3 Å². The normalized spacial score (nSPS) is 17.3. The Balaban J connectivity index is 1.79. The lowest BCUT2D eigenvalue weighted by molar-refractivity contribution is -0.128. The Labute approximate surface area is 136 Å². The SMILES string of the molecule is CC[C@@H](C)[C@@H](NC(=O)C1CCC1)c1nc(-c2ccccc2)no1. The summed E-state index contributed by atoms with van der Waals surface area (Å²) in [5.41, 5.74) is 0.913. The van der Waals surface area contributed by atoms with Gasteiger partial charge in [0.1, 0.15) is 6.04 Å². The zero-order chi connectivity index (χ0) is 16.2. The maximum absolute atomic E-state index is 12.3. The van der Waals surface area contributed by atoms with Crippen LogP contribution in [-0.4, -0.2) is 16.0 Å². The van der Waals surface area contributed by atoms with E-state index in [-0.39, 0.29) is 23.8 Å². The molecule has 23 heavy (non-hydrogen) atoms. The molecule has 0 bridgehead atoms. The van der Waals surface area contributed by atoms with Crippen LogP contribution in [0.2, 0.25) is 0 Å². The summed E-state index contributed by atoms with van der Waals surface area (Å²) in [6.07, 6.45) is 4.04. The van der Waals surface area contributed by atoms with Crippen molar-refractivity contribution in [2.45, 2.75) is 45.6 Å². The second kappa shape index (κ2) is 6.94. The van der Waals surface area contributed by atoms with E-state index in [0.29, 0.717) is 11.7 Å². The van der Waals surface area contributed by atoms with Gasteiger partial charge in [0.2, 0.25) is 17.6 Å². The predicted octanol–water partition coefficient (Wildman–Crippen LogP) is 3.74. The number of carbonyl (C=O) groups excluding carboxylic acids is 1. The van der Waals surface area contributed by atoms with Crippen molar-refractivity contribution in [1.29, 1.82) is 0 Å². The summed E-state index contributed by atoms with van der Waals surface area (Å²) in [5.74, 6) is 1.56. The molecule has 1 N–H and O–H groups in total. The third-order valence-electron chi connectivity index (χ3n) is 4.73. The minimum atomic E-state index is -0.224. The van der Waals surface area contributed by atoms with Gasteiger partial charge in [-0.1, -0.05) is 62.2 Å². The highest BCUT2D eigenvalue weighted by Crippen LogP contribution is 2.30. The summed E-state index contributed by atoms with van der Waals surface area (Å²) in [6, 6.07) is 9.49. The van der Waals surface area contributed by atoms with Crippen molar-refractivity contribution in [2.24, 2.45) is 11.8 Å². The first-order valence-corrected chi connectivity index (χ1v) is 8.38. The lowest BCUT2D eigenvalue weighted by atomic mass is 9.84. The Morgan fingerprint density at radius 2 is 2.09 bits per heavy atom. The number of rotatable bonds is 6. The van der Waals surface area contributed by atoms with Gasteiger partial charge in [-0.3, -0.25) is 4.79 Å². The molecular weight excluding hydrogens is 290 g/mol. The molecule has 1 aliphatic carbocycles. The Bertz CT molecular complexity index is 649. The van der Waals surface area contributed by atoms with Crippen LogP contribution in [0.4, 0.5) is 0 Å². The molecule has 1 fully saturated rings. The zero-order valence-corrected chi connectivity index (χ0v) is 13.7. The van der Waals surface area contributed by atoms with Gasteiger partial charge in [0.05, 0.1) is 0 Å². The number of amides is 1. The number of nitrogens with one attached hydrogen (secondary N) is 1. The van der Waals surface area contributed by atoms with Gasteiger partial charge in [-0.05, 0) is 18.8 Å². The van der Waals surface area contributed by atoms with Crippen LogP contribution in [0.15, 0.2) is 34.9 Å². The van der Waals surface area contributed by atoms with E-state index in [2.05, 4.69) is 29.3 Å². The molecule has 2 aromatic rings. The van der Waals surface area contributed by atoms with Crippen LogP contribution >= 0.6 is 0 Å². The Hall–Kier alpha value is -2.17. The Morgan fingerprint density at radius 3 is 2.70 bits per heavy atom. The van der Waals surface area contributed by atoms with E-state index < -0.39 is 0 Å². The van der Waals surface area contributed by atoms with Gasteiger partial charge in [-0.25, -0.2) is 0 Å². The second-order valence-corrected chi connectivity index (χ2v) is 6.32. The molecule has 0 spiro atoms. The highest BCUT2D eigenvalue weighted by molar-refractivity contribution is 5.79. The maximum Gasteiger partial charge on any atom is 0.249 e. The van der Waals surface area contributed by atoms with Crippen LogP contribution in [0, 0.1) is 11.8 Å². The van der Waals surface area contributed by atoms with Gasteiger partial charge in [0.15, 0.2) is 0 Å². The molecule has 122 valence electrons. The fraction of sp³-hybridized carbons (Fsp3) is 0.500. The van der Waals surface area contributed by atoms with E-state index in [9.17, 15) is 4.79 Å². The molecule has 2 atom stereocenters. The molecule has 1 saturated carbocycles. The number of carbonyl (C=O) groups is 1. The molecule has 1 aromatic carbocycles. The quantitative estimate of drug-likeness (QED) is 0.882. The van der Waals surface area contributed by atoms with Crippen molar-refractivity contribution >= 4 is 5.91 Å². The lowest BCUT2D eigenvalue weighted by Gasteiger charge is -2.28. The zero-order valence-electron chi connectivity index (χ0n) is 13.7. The average Bonchev–Trinajstić information content (AvgIpc) is 3.00. The summed E-state index contributed by atoms with van der Waals surface area (Å²) in [7, 11) is 0. The highest BCUT2D eigenvalue weighted by Gasteiger charge is 2.31. The third kappa shape index (κ3) is 3.44. The molecule has 0 aliphatic heterocycles. The van der Waals surface area contributed by atoms with Crippen LogP contribution < -0.4 is 5.32 Å². The smallest absolute Gasteiger partial charge is 0.249 e. The van der Waals surface area contributed by atoms with Crippen LogP contribution in [0.25, 0.3) is 11.4 Å². The first kappa shape index (κ1) is 15.7. The molecule has 3 rings (SSSR count). The fourth-order valence-corrected chi connectivity index (χ4v) is 2.69. The van der Waals surface area contributed by atoms with E-state index in [4.69, 9.17) is 4.52 Å². The van der Waals surface area contributed by atoms with Gasteiger partial charge in [0, 0.05) is 11.5 Å². The molecular formula is C18H23N3O2. The Morgan fingerprint density at radius 1 is 1.35 bits per heavy atom. The minimum Gasteiger partial charge on any atom is -0.344 e. The molecule has 5 nitrogen and oxygen atoms in total. The van der Waals surface area contributed by atoms with E-state index in [0.717, 1.165) is 31.2 Å². The molecule has 1 amide bonds. The standard InChI is InChI=1S/C18H23N3O2/c1-3-12(2)15(19-17(22)14-10-7-11-14)18-20-16(21-23-18)13-8-5-4-6-9-13/h4-6,8-9,12,14-15H,3,7,10-11H2,1-2H3,(H,19,22)/t12-,15-/m1/s1. The maximum atomic E-state index is 12.3. The predicted molar refractivity (Wildman–Crippen MR) is 87.4 cm³/mol. The van der Waals surface area contributed by atoms with Gasteiger partial charge >= 0.3 is 0 Å². The number of aromatic nitrogens is 2. The van der Waals surface area contributed by atoms with Crippen LogP contribution in [0.5, 0.6) is 0 Å². The molecule has 1 aromatic heterocycles. The van der Waals surface area contributed by atoms with Gasteiger partial charge in [-0.2, -0.15) is 4.98 Å². The number of benzene rings is 1. The number of hydrogen-bond acceptors (Lipinski definition) is 4. The summed E-state index contributed by atoms with van der Waals surface area (Å²) >= 11 is 0. The average molecular weight is 313 g/mol. The summed E-state index contributed by atoms with van der Waals surface area (Å²) in [4.78, 5) is 16.8. The Kier molecular flexibility index (Phi) is 4.74. The van der Waals surface area contributed by atoms with E-state index in [1.54, 1.807) is 0 Å². The van der Waals surface area contributed by atoms with Crippen LogP contribution in [0.3, 0.4) is 0 Å². The van der Waals surface area contributed by atoms with Crippen molar-refractivity contribution in [3.05, 3.63) is 36.2 Å². The minimum absolute atomic E-state index is 0.112. The second-order valence-electron chi connectivity index (χ2n) is 6.32. The summed E-state index contributed by atoms with van der Waals surface area (Å²) < 4.78 is 5.46. The molecule has 0 unspecified atom stereocenters. The lowest BCUT2D eigenvalue weighted by Crippen LogP contribution is -2.39. The van der Waals surface area contributed by atoms with Gasteiger partial charge in [-0.15, -0.1) is 0 Å².